The molecule has 2 aromatic heterocycles. The summed E-state index contributed by atoms with van der Waals surface area (Å²) in [7, 11) is 0. The molecule has 0 N–H and O–H groups in total. The van der Waals surface area contributed by atoms with Crippen LogP contribution < -0.4 is 0 Å². The van der Waals surface area contributed by atoms with Crippen molar-refractivity contribution in [1.82, 2.24) is 19.9 Å². The Morgan fingerprint density at radius 1 is 1.21 bits per heavy atom. The first-order chi connectivity index (χ1) is 11.3. The second kappa shape index (κ2) is 6.69. The average molecular weight is 332 g/mol. The lowest BCUT2D eigenvalue weighted by atomic mass is 9.94. The van der Waals surface area contributed by atoms with Gasteiger partial charge in [-0.05, 0) is 13.8 Å². The molecule has 0 radical (unpaired) electrons. The van der Waals surface area contributed by atoms with Gasteiger partial charge in [0.25, 0.3) is 0 Å². The van der Waals surface area contributed by atoms with Gasteiger partial charge in [0.2, 0.25) is 5.89 Å². The predicted molar refractivity (Wildman–Crippen MR) is 91.7 cm³/mol. The molecule has 1 aliphatic heterocycles. The van der Waals surface area contributed by atoms with Crippen LogP contribution in [0.4, 0.5) is 0 Å². The van der Waals surface area contributed by atoms with Crippen LogP contribution >= 0.6 is 0 Å². The molecule has 1 saturated heterocycles. The quantitative estimate of drug-likeness (QED) is 0.857. The molecule has 1 atom stereocenters. The highest BCUT2D eigenvalue weighted by Gasteiger charge is 2.27. The van der Waals surface area contributed by atoms with E-state index >= 15 is 0 Å². The summed E-state index contributed by atoms with van der Waals surface area (Å²) in [4.78, 5) is 9.35. The number of nitrogens with zero attached hydrogens (tertiary/aromatic N) is 4. The van der Waals surface area contributed by atoms with Crippen LogP contribution in [0.1, 0.15) is 56.8 Å². The van der Waals surface area contributed by atoms with Crippen LogP contribution in [0.5, 0.6) is 0 Å². The maximum atomic E-state index is 6.00. The molecule has 3 heterocycles. The fourth-order valence-electron chi connectivity index (χ4n) is 3.01. The average Bonchev–Trinajstić information content (AvgIpc) is 3.16. The number of hydrogen-bond donors (Lipinski definition) is 0. The Morgan fingerprint density at radius 2 is 1.92 bits per heavy atom. The minimum Gasteiger partial charge on any atom is -0.443 e. The molecule has 0 bridgehead atoms. The molecule has 0 saturated carbocycles. The predicted octanol–water partition coefficient (Wildman–Crippen LogP) is 3.15. The van der Waals surface area contributed by atoms with E-state index in [0.29, 0.717) is 0 Å². The molecule has 1 unspecified atom stereocenters. The summed E-state index contributed by atoms with van der Waals surface area (Å²) in [6, 6.07) is 2.22. The first-order valence-corrected chi connectivity index (χ1v) is 8.68. The van der Waals surface area contributed by atoms with Gasteiger partial charge >= 0.3 is 0 Å². The van der Waals surface area contributed by atoms with Gasteiger partial charge in [0.05, 0.1) is 17.9 Å². The summed E-state index contributed by atoms with van der Waals surface area (Å²) >= 11 is 0. The third kappa shape index (κ3) is 3.87. The molecule has 0 aromatic carbocycles. The van der Waals surface area contributed by atoms with Crippen LogP contribution in [-0.4, -0.2) is 46.1 Å². The molecule has 6 nitrogen and oxygen atoms in total. The van der Waals surface area contributed by atoms with Crippen LogP contribution in [0.25, 0.3) is 0 Å². The van der Waals surface area contributed by atoms with Gasteiger partial charge in [-0.1, -0.05) is 25.9 Å². The fourth-order valence-corrected chi connectivity index (χ4v) is 3.01. The standard InChI is InChI=1S/C18H28N4O2/c1-13-10-15(20-24-13)12-21-6-8-22(9-7-21)14(2)17-19-11-16(23-17)18(3,4)5/h10-11,14H,6-9,12H2,1-5H3. The Bertz CT molecular complexity index is 663. The number of oxazole rings is 1. The first-order valence-electron chi connectivity index (χ1n) is 8.68. The van der Waals surface area contributed by atoms with Crippen LogP contribution in [0.2, 0.25) is 0 Å². The van der Waals surface area contributed by atoms with Gasteiger partial charge in [0.15, 0.2) is 0 Å². The third-order valence-corrected chi connectivity index (χ3v) is 4.64. The summed E-state index contributed by atoms with van der Waals surface area (Å²) in [6.07, 6.45) is 1.87. The fraction of sp³-hybridized carbons (Fsp3) is 0.667. The van der Waals surface area contributed by atoms with Gasteiger partial charge in [-0.25, -0.2) is 4.98 Å². The maximum absolute atomic E-state index is 6.00. The van der Waals surface area contributed by atoms with Crippen LogP contribution in [-0.2, 0) is 12.0 Å². The Kier molecular flexibility index (Phi) is 4.78. The van der Waals surface area contributed by atoms with E-state index in [2.05, 4.69) is 47.6 Å². The number of piperazine rings is 1. The summed E-state index contributed by atoms with van der Waals surface area (Å²) in [6.45, 7) is 15.4. The monoisotopic (exact) mass is 332 g/mol. The lowest BCUT2D eigenvalue weighted by Crippen LogP contribution is -2.46. The van der Waals surface area contributed by atoms with Crippen molar-refractivity contribution in [2.24, 2.45) is 0 Å². The lowest BCUT2D eigenvalue weighted by molar-refractivity contribution is 0.0850. The highest BCUT2D eigenvalue weighted by Crippen LogP contribution is 2.27. The minimum absolute atomic E-state index is 0.000603. The molecule has 1 fully saturated rings. The summed E-state index contributed by atoms with van der Waals surface area (Å²) in [5, 5.41) is 4.08. The van der Waals surface area contributed by atoms with E-state index < -0.39 is 0 Å². The van der Waals surface area contributed by atoms with Crippen LogP contribution in [0, 0.1) is 6.92 Å². The topological polar surface area (TPSA) is 58.5 Å². The lowest BCUT2D eigenvalue weighted by Gasteiger charge is -2.36. The van der Waals surface area contributed by atoms with Crippen molar-refractivity contribution in [3.05, 3.63) is 35.4 Å². The maximum Gasteiger partial charge on any atom is 0.211 e. The second-order valence-corrected chi connectivity index (χ2v) is 7.73. The van der Waals surface area contributed by atoms with E-state index in [1.54, 1.807) is 0 Å². The molecular formula is C18H28N4O2. The van der Waals surface area contributed by atoms with Gasteiger partial charge in [0, 0.05) is 44.2 Å². The van der Waals surface area contributed by atoms with E-state index in [0.717, 1.165) is 55.8 Å². The van der Waals surface area contributed by atoms with Crippen molar-refractivity contribution < 1.29 is 8.94 Å². The van der Waals surface area contributed by atoms with Gasteiger partial charge < -0.3 is 8.94 Å². The molecular weight excluding hydrogens is 304 g/mol. The zero-order chi connectivity index (χ0) is 17.3. The van der Waals surface area contributed by atoms with E-state index in [-0.39, 0.29) is 11.5 Å². The number of aryl methyl sites for hydroxylation is 1. The Hall–Kier alpha value is -1.66. The largest absolute Gasteiger partial charge is 0.443 e. The molecule has 6 heteroatoms. The number of rotatable bonds is 4. The first kappa shape index (κ1) is 17.2. The normalized spacial score (nSPS) is 18.9. The van der Waals surface area contributed by atoms with Gasteiger partial charge in [0.1, 0.15) is 11.5 Å². The number of aromatic nitrogens is 2. The molecule has 0 aliphatic carbocycles. The Morgan fingerprint density at radius 3 is 2.46 bits per heavy atom. The van der Waals surface area contributed by atoms with Crippen molar-refractivity contribution >= 4 is 0 Å². The van der Waals surface area contributed by atoms with E-state index in [1.165, 1.54) is 0 Å². The zero-order valence-corrected chi connectivity index (χ0v) is 15.4. The molecule has 24 heavy (non-hydrogen) atoms. The van der Waals surface area contributed by atoms with E-state index in [9.17, 15) is 0 Å². The van der Waals surface area contributed by atoms with Crippen molar-refractivity contribution in [2.75, 3.05) is 26.2 Å². The molecule has 2 aromatic rings. The van der Waals surface area contributed by atoms with Crippen molar-refractivity contribution in [3.63, 3.8) is 0 Å². The van der Waals surface area contributed by atoms with Crippen molar-refractivity contribution in [1.29, 1.82) is 0 Å². The second-order valence-electron chi connectivity index (χ2n) is 7.73. The van der Waals surface area contributed by atoms with Crippen molar-refractivity contribution in [2.45, 2.75) is 52.6 Å². The minimum atomic E-state index is -0.000603. The Labute approximate surface area is 143 Å². The third-order valence-electron chi connectivity index (χ3n) is 4.64. The zero-order valence-electron chi connectivity index (χ0n) is 15.4. The summed E-state index contributed by atoms with van der Waals surface area (Å²) in [5.74, 6) is 2.64. The van der Waals surface area contributed by atoms with Gasteiger partial charge in [-0.2, -0.15) is 0 Å². The Balaban J connectivity index is 1.55. The summed E-state index contributed by atoms with van der Waals surface area (Å²) < 4.78 is 11.1. The van der Waals surface area contributed by atoms with Crippen LogP contribution in [0.15, 0.2) is 21.2 Å². The van der Waals surface area contributed by atoms with Gasteiger partial charge in [-0.3, -0.25) is 9.80 Å². The molecule has 1 aliphatic rings. The molecule has 0 spiro atoms. The van der Waals surface area contributed by atoms with E-state index in [1.807, 2.05) is 19.2 Å². The van der Waals surface area contributed by atoms with Crippen molar-refractivity contribution in [3.8, 4) is 0 Å². The van der Waals surface area contributed by atoms with E-state index in [4.69, 9.17) is 8.94 Å². The smallest absolute Gasteiger partial charge is 0.211 e. The highest BCUT2D eigenvalue weighted by atomic mass is 16.5. The summed E-state index contributed by atoms with van der Waals surface area (Å²) in [5.41, 5.74) is 1.01. The van der Waals surface area contributed by atoms with Crippen LogP contribution in [0.3, 0.4) is 0 Å². The molecule has 132 valence electrons. The SMILES string of the molecule is Cc1cc(CN2CCN(C(C)c3ncc(C(C)(C)C)o3)CC2)no1. The molecule has 3 rings (SSSR count). The van der Waals surface area contributed by atoms with Gasteiger partial charge in [-0.15, -0.1) is 0 Å². The number of hydrogen-bond acceptors (Lipinski definition) is 6. The molecule has 0 amide bonds. The highest BCUT2D eigenvalue weighted by molar-refractivity contribution is 5.08.